The van der Waals surface area contributed by atoms with E-state index in [1.807, 2.05) is 17.0 Å². The van der Waals surface area contributed by atoms with E-state index in [0.29, 0.717) is 4.90 Å². The predicted molar refractivity (Wildman–Crippen MR) is 96.8 cm³/mol. The second kappa shape index (κ2) is 7.26. The highest BCUT2D eigenvalue weighted by atomic mass is 32.2. The molecule has 1 aromatic carbocycles. The molecule has 4 nitrogen and oxygen atoms in total. The molecule has 1 aliphatic heterocycles. The number of hydrogen-bond donors (Lipinski definition) is 0. The first kappa shape index (κ1) is 19.0. The fourth-order valence-electron chi connectivity index (χ4n) is 3.23. The lowest BCUT2D eigenvalue weighted by Gasteiger charge is -2.23. The molecule has 0 bridgehead atoms. The maximum atomic E-state index is 12.5. The van der Waals surface area contributed by atoms with Gasteiger partial charge in [-0.2, -0.15) is 0 Å². The van der Waals surface area contributed by atoms with Gasteiger partial charge < -0.3 is 4.90 Å². The highest BCUT2D eigenvalue weighted by Gasteiger charge is 2.28. The molecule has 5 heteroatoms. The highest BCUT2D eigenvalue weighted by molar-refractivity contribution is 7.91. The van der Waals surface area contributed by atoms with Crippen LogP contribution in [-0.2, 0) is 20.0 Å². The van der Waals surface area contributed by atoms with Crippen LogP contribution in [0.4, 0.5) is 0 Å². The zero-order valence-corrected chi connectivity index (χ0v) is 16.0. The summed E-state index contributed by atoms with van der Waals surface area (Å²) < 4.78 is 25.0. The molecule has 24 heavy (non-hydrogen) atoms. The molecule has 0 aromatic heterocycles. The molecule has 1 amide bonds. The van der Waals surface area contributed by atoms with Crippen LogP contribution in [0.15, 0.2) is 29.2 Å². The average Bonchev–Trinajstić information content (AvgIpc) is 3.00. The van der Waals surface area contributed by atoms with E-state index in [9.17, 15) is 13.2 Å². The summed E-state index contributed by atoms with van der Waals surface area (Å²) in [4.78, 5) is 14.5. The summed E-state index contributed by atoms with van der Waals surface area (Å²) in [6, 6.07) is 7.33. The number of hydrogen-bond acceptors (Lipinski definition) is 3. The number of rotatable bonds is 5. The molecule has 0 aliphatic carbocycles. The zero-order chi connectivity index (χ0) is 18.0. The maximum absolute atomic E-state index is 12.5. The molecule has 1 atom stereocenters. The Hall–Kier alpha value is -1.36. The van der Waals surface area contributed by atoms with Crippen molar-refractivity contribution < 1.29 is 13.2 Å². The van der Waals surface area contributed by atoms with Crippen molar-refractivity contribution in [3.8, 4) is 0 Å². The first-order chi connectivity index (χ1) is 11.1. The number of benzene rings is 1. The lowest BCUT2D eigenvalue weighted by Crippen LogP contribution is -2.36. The molecular weight excluding hydrogens is 322 g/mol. The van der Waals surface area contributed by atoms with E-state index in [4.69, 9.17) is 0 Å². The van der Waals surface area contributed by atoms with Crippen molar-refractivity contribution in [2.75, 3.05) is 12.3 Å². The summed E-state index contributed by atoms with van der Waals surface area (Å²) >= 11 is 0. The van der Waals surface area contributed by atoms with Gasteiger partial charge in [0, 0.05) is 19.0 Å². The van der Waals surface area contributed by atoms with Gasteiger partial charge >= 0.3 is 0 Å². The first-order valence-corrected chi connectivity index (χ1v) is 10.4. The van der Waals surface area contributed by atoms with Crippen LogP contribution in [0.25, 0.3) is 0 Å². The second-order valence-electron chi connectivity index (χ2n) is 7.63. The molecule has 1 saturated heterocycles. The Morgan fingerprint density at radius 1 is 1.21 bits per heavy atom. The fourth-order valence-corrected chi connectivity index (χ4v) is 4.46. The molecule has 1 fully saturated rings. The highest BCUT2D eigenvalue weighted by Crippen LogP contribution is 2.25. The number of carbonyl (C=O) groups excluding carboxylic acids is 1. The Morgan fingerprint density at radius 2 is 1.83 bits per heavy atom. The van der Waals surface area contributed by atoms with Crippen LogP contribution in [-0.4, -0.2) is 37.6 Å². The van der Waals surface area contributed by atoms with Gasteiger partial charge in [-0.1, -0.05) is 39.8 Å². The summed E-state index contributed by atoms with van der Waals surface area (Å²) in [5.74, 6) is -0.151. The third kappa shape index (κ3) is 4.38. The van der Waals surface area contributed by atoms with Crippen LogP contribution >= 0.6 is 0 Å². The Kier molecular flexibility index (Phi) is 5.74. The lowest BCUT2D eigenvalue weighted by molar-refractivity contribution is -0.131. The van der Waals surface area contributed by atoms with Crippen molar-refractivity contribution >= 4 is 15.7 Å². The number of sulfone groups is 1. The quantitative estimate of drug-likeness (QED) is 0.815. The van der Waals surface area contributed by atoms with Crippen molar-refractivity contribution in [1.29, 1.82) is 0 Å². The Morgan fingerprint density at radius 3 is 2.38 bits per heavy atom. The van der Waals surface area contributed by atoms with E-state index in [1.54, 1.807) is 12.1 Å². The van der Waals surface area contributed by atoms with Crippen LogP contribution in [0.2, 0.25) is 0 Å². The maximum Gasteiger partial charge on any atom is 0.223 e. The summed E-state index contributed by atoms with van der Waals surface area (Å²) in [7, 11) is -3.42. The molecule has 1 aliphatic rings. The monoisotopic (exact) mass is 351 g/mol. The Labute approximate surface area is 146 Å². The molecule has 2 rings (SSSR count). The Balaban J connectivity index is 2.02. The summed E-state index contributed by atoms with van der Waals surface area (Å²) in [6.07, 6.45) is 3.06. The van der Waals surface area contributed by atoms with Gasteiger partial charge in [0.05, 0.1) is 10.6 Å². The van der Waals surface area contributed by atoms with E-state index in [-0.39, 0.29) is 29.5 Å². The SMILES string of the molecule is CCC1CCCN1C(=O)CCS(=O)(=O)c1ccc(C(C)(C)C)cc1. The number of carbonyl (C=O) groups is 1. The Bertz CT molecular complexity index is 672. The van der Waals surface area contributed by atoms with Crippen molar-refractivity contribution in [2.45, 2.75) is 69.7 Å². The van der Waals surface area contributed by atoms with Gasteiger partial charge in [-0.25, -0.2) is 8.42 Å². The van der Waals surface area contributed by atoms with Crippen LogP contribution in [0.5, 0.6) is 0 Å². The van der Waals surface area contributed by atoms with Crippen molar-refractivity contribution in [3.05, 3.63) is 29.8 Å². The van der Waals surface area contributed by atoms with Crippen LogP contribution in [0, 0.1) is 0 Å². The molecule has 0 radical (unpaired) electrons. The normalized spacial score (nSPS) is 18.8. The summed E-state index contributed by atoms with van der Waals surface area (Å²) in [6.45, 7) is 9.11. The third-order valence-corrected chi connectivity index (χ3v) is 6.56. The largest absolute Gasteiger partial charge is 0.340 e. The minimum absolute atomic E-state index is 0.0107. The molecule has 1 aromatic rings. The smallest absolute Gasteiger partial charge is 0.223 e. The summed E-state index contributed by atoms with van der Waals surface area (Å²) in [5.41, 5.74) is 1.09. The number of likely N-dealkylation sites (tertiary alicyclic amines) is 1. The fraction of sp³-hybridized carbons (Fsp3) is 0.632. The van der Waals surface area contributed by atoms with E-state index in [2.05, 4.69) is 27.7 Å². The van der Waals surface area contributed by atoms with Gasteiger partial charge in [0.25, 0.3) is 0 Å². The topological polar surface area (TPSA) is 54.5 Å². The van der Waals surface area contributed by atoms with Gasteiger partial charge in [0.15, 0.2) is 9.84 Å². The molecule has 0 spiro atoms. The molecule has 134 valence electrons. The van der Waals surface area contributed by atoms with Crippen LogP contribution < -0.4 is 0 Å². The van der Waals surface area contributed by atoms with Gasteiger partial charge in [0.2, 0.25) is 5.91 Å². The van der Waals surface area contributed by atoms with Crippen molar-refractivity contribution in [3.63, 3.8) is 0 Å². The molecule has 0 saturated carbocycles. The molecule has 1 unspecified atom stereocenters. The minimum atomic E-state index is -3.42. The van der Waals surface area contributed by atoms with Gasteiger partial charge in [-0.3, -0.25) is 4.79 Å². The molecule has 1 heterocycles. The lowest BCUT2D eigenvalue weighted by atomic mass is 9.87. The third-order valence-electron chi connectivity index (χ3n) is 4.83. The van der Waals surface area contributed by atoms with Gasteiger partial charge in [-0.05, 0) is 42.4 Å². The van der Waals surface area contributed by atoms with E-state index in [1.165, 1.54) is 0 Å². The van der Waals surface area contributed by atoms with Crippen LogP contribution in [0.1, 0.15) is 58.9 Å². The van der Waals surface area contributed by atoms with Crippen molar-refractivity contribution in [2.24, 2.45) is 0 Å². The zero-order valence-electron chi connectivity index (χ0n) is 15.2. The first-order valence-electron chi connectivity index (χ1n) is 8.78. The minimum Gasteiger partial charge on any atom is -0.340 e. The number of amides is 1. The van der Waals surface area contributed by atoms with Gasteiger partial charge in [0.1, 0.15) is 0 Å². The average molecular weight is 352 g/mol. The predicted octanol–water partition coefficient (Wildman–Crippen LogP) is 3.55. The van der Waals surface area contributed by atoms with Gasteiger partial charge in [-0.15, -0.1) is 0 Å². The number of nitrogens with zero attached hydrogens (tertiary/aromatic N) is 1. The summed E-state index contributed by atoms with van der Waals surface area (Å²) in [5, 5.41) is 0. The van der Waals surface area contributed by atoms with E-state index >= 15 is 0 Å². The standard InChI is InChI=1S/C19H29NO3S/c1-5-16-7-6-13-20(16)18(21)12-14-24(22,23)17-10-8-15(9-11-17)19(2,3)4/h8-11,16H,5-7,12-14H2,1-4H3. The van der Waals surface area contributed by atoms with E-state index < -0.39 is 9.84 Å². The molecular formula is C19H29NO3S. The molecule has 0 N–H and O–H groups in total. The van der Waals surface area contributed by atoms with E-state index in [0.717, 1.165) is 31.4 Å². The van der Waals surface area contributed by atoms with Crippen LogP contribution in [0.3, 0.4) is 0 Å². The second-order valence-corrected chi connectivity index (χ2v) is 9.74. The van der Waals surface area contributed by atoms with Crippen molar-refractivity contribution in [1.82, 2.24) is 4.90 Å².